The molecule has 0 amide bonds. The Morgan fingerprint density at radius 1 is 1.33 bits per heavy atom. The van der Waals surface area contributed by atoms with Crippen molar-refractivity contribution in [1.82, 2.24) is 0 Å². The van der Waals surface area contributed by atoms with E-state index in [1.54, 1.807) is 0 Å². The van der Waals surface area contributed by atoms with Gasteiger partial charge in [-0.05, 0) is 20.8 Å². The summed E-state index contributed by atoms with van der Waals surface area (Å²) < 4.78 is 5.76. The third-order valence-electron chi connectivity index (χ3n) is 3.02. The Morgan fingerprint density at radius 3 is 2.07 bits per heavy atom. The van der Waals surface area contributed by atoms with Crippen LogP contribution in [-0.4, -0.2) is 42.7 Å². The lowest BCUT2D eigenvalue weighted by Crippen LogP contribution is -2.52. The van der Waals surface area contributed by atoms with Gasteiger partial charge in [-0.15, -0.1) is 0 Å². The van der Waals surface area contributed by atoms with Crippen LogP contribution >= 0.6 is 0 Å². The summed E-state index contributed by atoms with van der Waals surface area (Å²) in [5, 5.41) is 8.89. The monoisotopic (exact) mass is 213 g/mol. The quantitative estimate of drug-likeness (QED) is 0.494. The fourth-order valence-corrected chi connectivity index (χ4v) is 1.71. The standard InChI is InChI=1S/C11H21N2O2/c1-5-13(6-2,7-3)9-11(8-12)15-10(4)14/h11H,5-7,9H2,1-4H3/q+1. The van der Waals surface area contributed by atoms with E-state index >= 15 is 0 Å². The Morgan fingerprint density at radius 2 is 1.80 bits per heavy atom. The molecular weight excluding hydrogens is 192 g/mol. The summed E-state index contributed by atoms with van der Waals surface area (Å²) in [6, 6.07) is 2.03. The highest BCUT2D eigenvalue weighted by Crippen LogP contribution is 2.09. The van der Waals surface area contributed by atoms with Crippen LogP contribution in [0.5, 0.6) is 0 Å². The molecule has 0 N–H and O–H groups in total. The van der Waals surface area contributed by atoms with Crippen molar-refractivity contribution >= 4 is 5.97 Å². The fraction of sp³-hybridized carbons (Fsp3) is 0.818. The van der Waals surface area contributed by atoms with E-state index in [0.29, 0.717) is 6.54 Å². The summed E-state index contributed by atoms with van der Waals surface area (Å²) in [4.78, 5) is 10.8. The molecule has 1 atom stereocenters. The van der Waals surface area contributed by atoms with Crippen molar-refractivity contribution in [2.24, 2.45) is 0 Å². The number of esters is 1. The number of hydrogen-bond acceptors (Lipinski definition) is 3. The Hall–Kier alpha value is -1.08. The second kappa shape index (κ2) is 6.41. The molecule has 0 aromatic rings. The highest BCUT2D eigenvalue weighted by molar-refractivity contribution is 5.66. The molecule has 4 heteroatoms. The lowest BCUT2D eigenvalue weighted by Gasteiger charge is -2.36. The third-order valence-corrected chi connectivity index (χ3v) is 3.02. The molecule has 1 unspecified atom stereocenters. The molecule has 4 nitrogen and oxygen atoms in total. The highest BCUT2D eigenvalue weighted by Gasteiger charge is 2.27. The summed E-state index contributed by atoms with van der Waals surface area (Å²) in [6.45, 7) is 11.0. The minimum atomic E-state index is -0.623. The zero-order valence-corrected chi connectivity index (χ0v) is 10.1. The minimum Gasteiger partial charge on any atom is -0.441 e. The Bertz CT molecular complexity index is 233. The van der Waals surface area contributed by atoms with Crippen LogP contribution < -0.4 is 0 Å². The lowest BCUT2D eigenvalue weighted by molar-refractivity contribution is -0.925. The largest absolute Gasteiger partial charge is 0.441 e. The zero-order valence-electron chi connectivity index (χ0n) is 10.1. The van der Waals surface area contributed by atoms with Gasteiger partial charge in [-0.25, -0.2) is 0 Å². The van der Waals surface area contributed by atoms with E-state index in [1.165, 1.54) is 6.92 Å². The average Bonchev–Trinajstić information content (AvgIpc) is 2.24. The van der Waals surface area contributed by atoms with Gasteiger partial charge in [-0.3, -0.25) is 4.79 Å². The summed E-state index contributed by atoms with van der Waals surface area (Å²) in [6.07, 6.45) is -0.623. The van der Waals surface area contributed by atoms with Crippen molar-refractivity contribution in [3.8, 4) is 6.07 Å². The molecule has 0 aliphatic heterocycles. The number of carbonyl (C=O) groups excluding carboxylic acids is 1. The summed E-state index contributed by atoms with van der Waals surface area (Å²) >= 11 is 0. The van der Waals surface area contributed by atoms with Crippen molar-refractivity contribution < 1.29 is 14.0 Å². The van der Waals surface area contributed by atoms with Crippen molar-refractivity contribution in [3.05, 3.63) is 0 Å². The number of likely N-dealkylation sites (N-methyl/N-ethyl adjacent to an activating group) is 1. The number of carbonyl (C=O) groups is 1. The van der Waals surface area contributed by atoms with Gasteiger partial charge in [0.1, 0.15) is 12.6 Å². The molecule has 0 radical (unpaired) electrons. The first-order valence-corrected chi connectivity index (χ1v) is 5.45. The van der Waals surface area contributed by atoms with Crippen LogP contribution in [0.1, 0.15) is 27.7 Å². The molecule has 0 saturated carbocycles. The number of nitrogens with zero attached hydrogens (tertiary/aromatic N) is 2. The van der Waals surface area contributed by atoms with Crippen molar-refractivity contribution in [3.63, 3.8) is 0 Å². The smallest absolute Gasteiger partial charge is 0.304 e. The first-order valence-electron chi connectivity index (χ1n) is 5.45. The number of hydrogen-bond donors (Lipinski definition) is 0. The molecular formula is C11H21N2O2+. The SMILES string of the molecule is CC[N+](CC)(CC)CC(C#N)OC(C)=O. The lowest BCUT2D eigenvalue weighted by atomic mass is 10.2. The molecule has 0 spiro atoms. The average molecular weight is 213 g/mol. The second-order valence-corrected chi connectivity index (χ2v) is 3.70. The summed E-state index contributed by atoms with van der Waals surface area (Å²) in [5.41, 5.74) is 0. The first kappa shape index (κ1) is 13.9. The maximum Gasteiger partial charge on any atom is 0.304 e. The van der Waals surface area contributed by atoms with Crippen LogP contribution in [0.25, 0.3) is 0 Å². The van der Waals surface area contributed by atoms with Crippen LogP contribution in [-0.2, 0) is 9.53 Å². The van der Waals surface area contributed by atoms with E-state index in [9.17, 15) is 4.79 Å². The van der Waals surface area contributed by atoms with Crippen LogP contribution in [0.15, 0.2) is 0 Å². The molecule has 86 valence electrons. The van der Waals surface area contributed by atoms with E-state index in [0.717, 1.165) is 24.1 Å². The maximum absolute atomic E-state index is 10.8. The van der Waals surface area contributed by atoms with Gasteiger partial charge in [0.2, 0.25) is 6.10 Å². The van der Waals surface area contributed by atoms with E-state index < -0.39 is 6.10 Å². The molecule has 0 saturated heterocycles. The molecule has 0 rings (SSSR count). The molecule has 0 aliphatic rings. The third kappa shape index (κ3) is 4.30. The van der Waals surface area contributed by atoms with Crippen molar-refractivity contribution in [1.29, 1.82) is 5.26 Å². The first-order chi connectivity index (χ1) is 7.03. The topological polar surface area (TPSA) is 50.1 Å². The number of quaternary nitrogens is 1. The van der Waals surface area contributed by atoms with Crippen LogP contribution in [0.3, 0.4) is 0 Å². The summed E-state index contributed by atoms with van der Waals surface area (Å²) in [5.74, 6) is -0.386. The van der Waals surface area contributed by atoms with Crippen molar-refractivity contribution in [2.45, 2.75) is 33.8 Å². The summed E-state index contributed by atoms with van der Waals surface area (Å²) in [7, 11) is 0. The van der Waals surface area contributed by atoms with Gasteiger partial charge >= 0.3 is 5.97 Å². The van der Waals surface area contributed by atoms with Gasteiger partial charge in [0.15, 0.2) is 0 Å². The van der Waals surface area contributed by atoms with E-state index in [2.05, 4.69) is 20.8 Å². The molecule has 15 heavy (non-hydrogen) atoms. The van der Waals surface area contributed by atoms with Gasteiger partial charge in [0, 0.05) is 6.92 Å². The zero-order chi connectivity index (χ0) is 11.9. The number of nitriles is 1. The Balaban J connectivity index is 4.49. The number of ether oxygens (including phenoxy) is 1. The minimum absolute atomic E-state index is 0.386. The van der Waals surface area contributed by atoms with Crippen molar-refractivity contribution in [2.75, 3.05) is 26.2 Å². The molecule has 0 aromatic carbocycles. The Labute approximate surface area is 92.0 Å². The second-order valence-electron chi connectivity index (χ2n) is 3.70. The van der Waals surface area contributed by atoms with Gasteiger partial charge in [0.25, 0.3) is 0 Å². The molecule has 0 aliphatic carbocycles. The predicted octanol–water partition coefficient (Wildman–Crippen LogP) is 1.32. The molecule has 0 heterocycles. The van der Waals surface area contributed by atoms with Crippen LogP contribution in [0.4, 0.5) is 0 Å². The van der Waals surface area contributed by atoms with Gasteiger partial charge < -0.3 is 9.22 Å². The Kier molecular flexibility index (Phi) is 5.95. The van der Waals surface area contributed by atoms with Gasteiger partial charge in [-0.1, -0.05) is 0 Å². The highest BCUT2D eigenvalue weighted by atomic mass is 16.5. The van der Waals surface area contributed by atoms with Gasteiger partial charge in [0.05, 0.1) is 19.6 Å². The maximum atomic E-state index is 10.8. The van der Waals surface area contributed by atoms with Crippen LogP contribution in [0, 0.1) is 11.3 Å². The molecule has 0 bridgehead atoms. The van der Waals surface area contributed by atoms with Gasteiger partial charge in [-0.2, -0.15) is 5.26 Å². The fourth-order valence-electron chi connectivity index (χ4n) is 1.71. The molecule has 0 aromatic heterocycles. The van der Waals surface area contributed by atoms with Crippen LogP contribution in [0.2, 0.25) is 0 Å². The normalized spacial score (nSPS) is 13.0. The van der Waals surface area contributed by atoms with E-state index in [1.807, 2.05) is 6.07 Å². The van der Waals surface area contributed by atoms with E-state index in [-0.39, 0.29) is 5.97 Å². The number of rotatable bonds is 6. The van der Waals surface area contributed by atoms with E-state index in [4.69, 9.17) is 10.00 Å². The molecule has 0 fully saturated rings. The predicted molar refractivity (Wildman–Crippen MR) is 57.9 cm³/mol.